The Kier molecular flexibility index (Phi) is 4.08. The molecule has 6 nitrogen and oxygen atoms in total. The molecular formula is C16H12ClF2N3O3. The summed E-state index contributed by atoms with van der Waals surface area (Å²) in [5.74, 6) is -3.20. The highest BCUT2D eigenvalue weighted by molar-refractivity contribution is 6.31. The molecule has 0 fully saturated rings. The van der Waals surface area contributed by atoms with Gasteiger partial charge in [-0.2, -0.15) is 5.10 Å². The van der Waals surface area contributed by atoms with Crippen molar-refractivity contribution in [2.45, 2.75) is 20.4 Å². The van der Waals surface area contributed by atoms with E-state index in [1.807, 2.05) is 0 Å². The van der Waals surface area contributed by atoms with Crippen molar-refractivity contribution in [3.8, 4) is 11.3 Å². The Morgan fingerprint density at radius 1 is 1.32 bits per heavy atom. The predicted octanol–water partition coefficient (Wildman–Crippen LogP) is 3.12. The summed E-state index contributed by atoms with van der Waals surface area (Å²) in [6.07, 6.45) is 1.36. The number of aromatic carboxylic acids is 1. The van der Waals surface area contributed by atoms with Crippen LogP contribution < -0.4 is 5.56 Å². The summed E-state index contributed by atoms with van der Waals surface area (Å²) in [5.41, 5.74) is -0.171. The first kappa shape index (κ1) is 17.1. The minimum Gasteiger partial charge on any atom is -0.476 e. The third kappa shape index (κ3) is 2.58. The van der Waals surface area contributed by atoms with Crippen molar-refractivity contribution in [1.29, 1.82) is 0 Å². The van der Waals surface area contributed by atoms with Crippen molar-refractivity contribution >= 4 is 23.1 Å². The molecule has 0 unspecified atom stereocenters. The molecule has 3 rings (SSSR count). The maximum atomic E-state index is 13.8. The average molecular weight is 368 g/mol. The van der Waals surface area contributed by atoms with E-state index in [1.54, 1.807) is 6.92 Å². The van der Waals surface area contributed by atoms with E-state index in [4.69, 9.17) is 11.6 Å². The lowest BCUT2D eigenvalue weighted by Crippen LogP contribution is -2.23. The van der Waals surface area contributed by atoms with Gasteiger partial charge in [0.15, 0.2) is 5.69 Å². The molecule has 0 aliphatic carbocycles. The van der Waals surface area contributed by atoms with Gasteiger partial charge < -0.3 is 9.67 Å². The third-order valence-electron chi connectivity index (χ3n) is 3.93. The molecule has 0 saturated heterocycles. The number of benzene rings is 1. The van der Waals surface area contributed by atoms with Crippen LogP contribution in [0, 0.1) is 18.6 Å². The van der Waals surface area contributed by atoms with Gasteiger partial charge in [0.1, 0.15) is 22.2 Å². The number of halogens is 3. The fraction of sp³-hybridized carbons (Fsp3) is 0.188. The molecule has 0 bridgehead atoms. The summed E-state index contributed by atoms with van der Waals surface area (Å²) in [7, 11) is 0. The molecule has 0 radical (unpaired) electrons. The normalized spacial score (nSPS) is 11.2. The Morgan fingerprint density at radius 3 is 2.44 bits per heavy atom. The van der Waals surface area contributed by atoms with E-state index in [0.29, 0.717) is 0 Å². The molecule has 0 aliphatic rings. The largest absolute Gasteiger partial charge is 0.476 e. The minimum absolute atomic E-state index is 0.0882. The Balaban J connectivity index is 2.40. The van der Waals surface area contributed by atoms with E-state index in [2.05, 4.69) is 5.10 Å². The number of rotatable bonds is 3. The van der Waals surface area contributed by atoms with Crippen LogP contribution in [0.2, 0.25) is 5.02 Å². The van der Waals surface area contributed by atoms with Crippen LogP contribution in [0.5, 0.6) is 0 Å². The summed E-state index contributed by atoms with van der Waals surface area (Å²) in [5, 5.41) is 12.4. The van der Waals surface area contributed by atoms with Gasteiger partial charge in [-0.05, 0) is 26.0 Å². The number of hydrogen-bond donors (Lipinski definition) is 1. The van der Waals surface area contributed by atoms with E-state index < -0.39 is 28.2 Å². The molecular weight excluding hydrogens is 356 g/mol. The number of aromatic nitrogens is 3. The maximum absolute atomic E-state index is 13.8. The zero-order valence-corrected chi connectivity index (χ0v) is 13.9. The first-order chi connectivity index (χ1) is 11.8. The lowest BCUT2D eigenvalue weighted by atomic mass is 10.1. The van der Waals surface area contributed by atoms with Gasteiger partial charge in [-0.1, -0.05) is 11.6 Å². The van der Waals surface area contributed by atoms with E-state index in [-0.39, 0.29) is 34.6 Å². The summed E-state index contributed by atoms with van der Waals surface area (Å²) < 4.78 is 30.0. The van der Waals surface area contributed by atoms with E-state index in [1.165, 1.54) is 17.7 Å². The van der Waals surface area contributed by atoms with Crippen LogP contribution >= 0.6 is 11.6 Å². The van der Waals surface area contributed by atoms with Crippen molar-refractivity contribution in [2.24, 2.45) is 0 Å². The van der Waals surface area contributed by atoms with Gasteiger partial charge >= 0.3 is 5.97 Å². The van der Waals surface area contributed by atoms with E-state index >= 15 is 0 Å². The second-order valence-electron chi connectivity index (χ2n) is 5.39. The van der Waals surface area contributed by atoms with Gasteiger partial charge in [-0.15, -0.1) is 0 Å². The van der Waals surface area contributed by atoms with Gasteiger partial charge in [-0.25, -0.2) is 18.1 Å². The second-order valence-corrected chi connectivity index (χ2v) is 5.77. The fourth-order valence-electron chi connectivity index (χ4n) is 2.74. The SMILES string of the molecule is CCn1c(-c2cc(F)c(Cl)c(F)c2)cn2nc(C(=O)O)c(C)c2c1=O. The quantitative estimate of drug-likeness (QED) is 0.722. The molecule has 0 aliphatic heterocycles. The molecule has 25 heavy (non-hydrogen) atoms. The van der Waals surface area contributed by atoms with Crippen LogP contribution in [0.3, 0.4) is 0 Å². The molecule has 0 amide bonds. The van der Waals surface area contributed by atoms with Crippen molar-refractivity contribution in [2.75, 3.05) is 0 Å². The molecule has 1 N–H and O–H groups in total. The number of fused-ring (bicyclic) bond motifs is 1. The van der Waals surface area contributed by atoms with Crippen LogP contribution in [0.1, 0.15) is 23.0 Å². The molecule has 2 heterocycles. The summed E-state index contributed by atoms with van der Waals surface area (Å²) in [4.78, 5) is 24.0. The lowest BCUT2D eigenvalue weighted by molar-refractivity contribution is 0.0689. The average Bonchev–Trinajstić information content (AvgIpc) is 2.89. The molecule has 0 atom stereocenters. The number of aryl methyl sites for hydroxylation is 1. The lowest BCUT2D eigenvalue weighted by Gasteiger charge is -2.13. The smallest absolute Gasteiger partial charge is 0.356 e. The molecule has 0 saturated carbocycles. The fourth-order valence-corrected chi connectivity index (χ4v) is 2.85. The number of carboxylic acids is 1. The van der Waals surface area contributed by atoms with Crippen LogP contribution in [0.15, 0.2) is 23.1 Å². The van der Waals surface area contributed by atoms with Crippen LogP contribution in [-0.4, -0.2) is 25.3 Å². The highest BCUT2D eigenvalue weighted by Crippen LogP contribution is 2.27. The summed E-state index contributed by atoms with van der Waals surface area (Å²) in [6, 6.07) is 2.01. The number of hydrogen-bond acceptors (Lipinski definition) is 3. The second kappa shape index (κ2) is 5.96. The van der Waals surface area contributed by atoms with Crippen molar-refractivity contribution < 1.29 is 18.7 Å². The standard InChI is InChI=1S/C16H12ClF2N3O3/c1-3-21-11(8-4-9(18)12(17)10(19)5-8)6-22-14(15(21)23)7(2)13(20-22)16(24)25/h4-6H,3H2,1-2H3,(H,24,25). The maximum Gasteiger partial charge on any atom is 0.356 e. The number of nitrogens with zero attached hydrogens (tertiary/aromatic N) is 3. The Morgan fingerprint density at radius 2 is 1.92 bits per heavy atom. The van der Waals surface area contributed by atoms with Gasteiger partial charge in [0.25, 0.3) is 5.56 Å². The van der Waals surface area contributed by atoms with Crippen molar-refractivity contribution in [1.82, 2.24) is 14.2 Å². The number of carboxylic acid groups (broad SMARTS) is 1. The van der Waals surface area contributed by atoms with Crippen LogP contribution in [0.4, 0.5) is 8.78 Å². The summed E-state index contributed by atoms with van der Waals surface area (Å²) >= 11 is 5.49. The van der Waals surface area contributed by atoms with Gasteiger partial charge in [0.2, 0.25) is 0 Å². The minimum atomic E-state index is -1.27. The first-order valence-electron chi connectivity index (χ1n) is 7.27. The first-order valence-corrected chi connectivity index (χ1v) is 7.65. The monoisotopic (exact) mass is 367 g/mol. The molecule has 0 spiro atoms. The van der Waals surface area contributed by atoms with Crippen LogP contribution in [-0.2, 0) is 6.54 Å². The molecule has 3 aromatic rings. The van der Waals surface area contributed by atoms with Gasteiger partial charge in [0, 0.05) is 17.7 Å². The van der Waals surface area contributed by atoms with Gasteiger partial charge in [0.05, 0.1) is 11.9 Å². The van der Waals surface area contributed by atoms with E-state index in [9.17, 15) is 23.5 Å². The Bertz CT molecular complexity index is 1070. The third-order valence-corrected chi connectivity index (χ3v) is 4.29. The van der Waals surface area contributed by atoms with Gasteiger partial charge in [-0.3, -0.25) is 4.79 Å². The molecule has 130 valence electrons. The molecule has 2 aromatic heterocycles. The topological polar surface area (TPSA) is 76.6 Å². The zero-order chi connectivity index (χ0) is 18.5. The highest BCUT2D eigenvalue weighted by Gasteiger charge is 2.21. The predicted molar refractivity (Wildman–Crippen MR) is 87.2 cm³/mol. The highest BCUT2D eigenvalue weighted by atomic mass is 35.5. The zero-order valence-electron chi connectivity index (χ0n) is 13.2. The van der Waals surface area contributed by atoms with E-state index in [0.717, 1.165) is 16.6 Å². The van der Waals surface area contributed by atoms with Crippen molar-refractivity contribution in [3.05, 3.63) is 56.6 Å². The Hall–Kier alpha value is -2.74. The summed E-state index contributed by atoms with van der Waals surface area (Å²) in [6.45, 7) is 3.38. The molecule has 9 heteroatoms. The Labute approximate surface area is 144 Å². The van der Waals surface area contributed by atoms with Crippen LogP contribution in [0.25, 0.3) is 16.8 Å². The van der Waals surface area contributed by atoms with Crippen molar-refractivity contribution in [3.63, 3.8) is 0 Å². The molecule has 1 aromatic carbocycles. The number of carbonyl (C=O) groups is 1.